The van der Waals surface area contributed by atoms with Crippen molar-refractivity contribution in [2.24, 2.45) is 5.73 Å². The SMILES string of the molecule is CCCCN(CC(N)=O)C(=O)c1ccc(Cl)cc1O. The van der Waals surface area contributed by atoms with Gasteiger partial charge in [0.2, 0.25) is 5.91 Å². The van der Waals surface area contributed by atoms with E-state index in [-0.39, 0.29) is 17.9 Å². The van der Waals surface area contributed by atoms with Gasteiger partial charge in [0.15, 0.2) is 0 Å². The minimum Gasteiger partial charge on any atom is -0.507 e. The van der Waals surface area contributed by atoms with Gasteiger partial charge in [0.05, 0.1) is 12.1 Å². The van der Waals surface area contributed by atoms with Crippen LogP contribution in [0.4, 0.5) is 0 Å². The van der Waals surface area contributed by atoms with Gasteiger partial charge in [-0.1, -0.05) is 24.9 Å². The first-order chi connectivity index (χ1) is 8.95. The first-order valence-corrected chi connectivity index (χ1v) is 6.39. The maximum atomic E-state index is 12.2. The number of hydrogen-bond donors (Lipinski definition) is 2. The minimum atomic E-state index is -0.585. The molecule has 0 atom stereocenters. The maximum Gasteiger partial charge on any atom is 0.258 e. The summed E-state index contributed by atoms with van der Waals surface area (Å²) in [5, 5.41) is 10.1. The van der Waals surface area contributed by atoms with E-state index in [9.17, 15) is 14.7 Å². The van der Waals surface area contributed by atoms with Crippen LogP contribution >= 0.6 is 11.6 Å². The zero-order valence-electron chi connectivity index (χ0n) is 10.7. The number of halogens is 1. The van der Waals surface area contributed by atoms with Crippen molar-refractivity contribution in [2.45, 2.75) is 19.8 Å². The molecular formula is C13H17ClN2O3. The fourth-order valence-electron chi connectivity index (χ4n) is 1.65. The predicted octanol–water partition coefficient (Wildman–Crippen LogP) is 1.77. The standard InChI is InChI=1S/C13H17ClN2O3/c1-2-3-6-16(8-12(15)18)13(19)10-5-4-9(14)7-11(10)17/h4-5,7,17H,2-3,6,8H2,1H3,(H2,15,18). The fraction of sp³-hybridized carbons (Fsp3) is 0.385. The van der Waals surface area contributed by atoms with E-state index in [1.807, 2.05) is 6.92 Å². The fourth-order valence-corrected chi connectivity index (χ4v) is 1.81. The van der Waals surface area contributed by atoms with Crippen molar-refractivity contribution < 1.29 is 14.7 Å². The van der Waals surface area contributed by atoms with E-state index < -0.39 is 11.8 Å². The van der Waals surface area contributed by atoms with Gasteiger partial charge in [-0.3, -0.25) is 9.59 Å². The number of amides is 2. The van der Waals surface area contributed by atoms with Gasteiger partial charge in [-0.05, 0) is 24.6 Å². The summed E-state index contributed by atoms with van der Waals surface area (Å²) in [5.41, 5.74) is 5.24. The van der Waals surface area contributed by atoms with E-state index >= 15 is 0 Å². The van der Waals surface area contributed by atoms with Crippen LogP contribution in [0.5, 0.6) is 5.75 Å². The quantitative estimate of drug-likeness (QED) is 0.835. The monoisotopic (exact) mass is 284 g/mol. The van der Waals surface area contributed by atoms with Crippen molar-refractivity contribution in [3.8, 4) is 5.75 Å². The average molecular weight is 285 g/mol. The normalized spacial score (nSPS) is 10.2. The Labute approximate surface area is 117 Å². The van der Waals surface area contributed by atoms with Gasteiger partial charge in [-0.15, -0.1) is 0 Å². The number of primary amides is 1. The number of aromatic hydroxyl groups is 1. The summed E-state index contributed by atoms with van der Waals surface area (Å²) in [4.78, 5) is 24.6. The van der Waals surface area contributed by atoms with Crippen molar-refractivity contribution in [3.63, 3.8) is 0 Å². The van der Waals surface area contributed by atoms with Gasteiger partial charge in [-0.25, -0.2) is 0 Å². The lowest BCUT2D eigenvalue weighted by Crippen LogP contribution is -2.39. The second kappa shape index (κ2) is 6.99. The zero-order valence-corrected chi connectivity index (χ0v) is 11.5. The van der Waals surface area contributed by atoms with Crippen LogP contribution in [0.1, 0.15) is 30.1 Å². The number of carbonyl (C=O) groups excluding carboxylic acids is 2. The molecule has 6 heteroatoms. The average Bonchev–Trinajstić information content (AvgIpc) is 2.33. The molecule has 0 aromatic heterocycles. The van der Waals surface area contributed by atoms with Crippen molar-refractivity contribution in [1.29, 1.82) is 0 Å². The number of rotatable bonds is 6. The Morgan fingerprint density at radius 2 is 2.11 bits per heavy atom. The van der Waals surface area contributed by atoms with Crippen LogP contribution < -0.4 is 5.73 Å². The Morgan fingerprint density at radius 3 is 2.63 bits per heavy atom. The van der Waals surface area contributed by atoms with Gasteiger partial charge in [0.1, 0.15) is 5.75 Å². The van der Waals surface area contributed by atoms with Crippen molar-refractivity contribution in [3.05, 3.63) is 28.8 Å². The smallest absolute Gasteiger partial charge is 0.258 e. The molecule has 0 spiro atoms. The van der Waals surface area contributed by atoms with Gasteiger partial charge >= 0.3 is 0 Å². The molecule has 0 unspecified atom stereocenters. The molecule has 0 saturated carbocycles. The number of phenolic OH excluding ortho intramolecular Hbond substituents is 1. The third kappa shape index (κ3) is 4.44. The Bertz CT molecular complexity index is 477. The number of benzene rings is 1. The highest BCUT2D eigenvalue weighted by molar-refractivity contribution is 6.30. The molecule has 104 valence electrons. The highest BCUT2D eigenvalue weighted by atomic mass is 35.5. The second-order valence-electron chi connectivity index (χ2n) is 4.21. The summed E-state index contributed by atoms with van der Waals surface area (Å²) in [6.07, 6.45) is 1.64. The molecule has 0 aliphatic rings. The lowest BCUT2D eigenvalue weighted by molar-refractivity contribution is -0.118. The van der Waals surface area contributed by atoms with Gasteiger partial charge < -0.3 is 15.7 Å². The number of nitrogens with two attached hydrogens (primary N) is 1. The van der Waals surface area contributed by atoms with E-state index in [0.29, 0.717) is 11.6 Å². The Morgan fingerprint density at radius 1 is 1.42 bits per heavy atom. The Kier molecular flexibility index (Phi) is 5.63. The zero-order chi connectivity index (χ0) is 14.4. The van der Waals surface area contributed by atoms with Crippen molar-refractivity contribution in [1.82, 2.24) is 4.90 Å². The lowest BCUT2D eigenvalue weighted by Gasteiger charge is -2.21. The molecule has 5 nitrogen and oxygen atoms in total. The van der Waals surface area contributed by atoms with E-state index in [1.54, 1.807) is 0 Å². The number of phenols is 1. The first kappa shape index (κ1) is 15.3. The molecule has 19 heavy (non-hydrogen) atoms. The topological polar surface area (TPSA) is 83.6 Å². The summed E-state index contributed by atoms with van der Waals surface area (Å²) in [5.74, 6) is -1.22. The van der Waals surface area contributed by atoms with Crippen LogP contribution in [-0.2, 0) is 4.79 Å². The third-order valence-electron chi connectivity index (χ3n) is 2.61. The molecule has 0 fully saturated rings. The van der Waals surface area contributed by atoms with E-state index in [0.717, 1.165) is 12.8 Å². The van der Waals surface area contributed by atoms with Gasteiger partial charge in [0.25, 0.3) is 5.91 Å². The summed E-state index contributed by atoms with van der Waals surface area (Å²) in [7, 11) is 0. The molecule has 2 amide bonds. The van der Waals surface area contributed by atoms with Crippen molar-refractivity contribution in [2.75, 3.05) is 13.1 Å². The first-order valence-electron chi connectivity index (χ1n) is 6.01. The predicted molar refractivity (Wildman–Crippen MR) is 73.1 cm³/mol. The van der Waals surface area contributed by atoms with Gasteiger partial charge in [0, 0.05) is 11.6 Å². The summed E-state index contributed by atoms with van der Waals surface area (Å²) >= 11 is 5.71. The molecule has 1 aromatic carbocycles. The highest BCUT2D eigenvalue weighted by Gasteiger charge is 2.20. The van der Waals surface area contributed by atoms with Crippen LogP contribution in [0.15, 0.2) is 18.2 Å². The van der Waals surface area contributed by atoms with Crippen LogP contribution in [-0.4, -0.2) is 34.9 Å². The highest BCUT2D eigenvalue weighted by Crippen LogP contribution is 2.23. The molecule has 0 saturated heterocycles. The molecule has 0 aliphatic carbocycles. The molecule has 1 rings (SSSR count). The van der Waals surface area contributed by atoms with Crippen LogP contribution in [0, 0.1) is 0 Å². The largest absolute Gasteiger partial charge is 0.507 e. The van der Waals surface area contributed by atoms with E-state index in [4.69, 9.17) is 17.3 Å². The maximum absolute atomic E-state index is 12.2. The lowest BCUT2D eigenvalue weighted by atomic mass is 10.1. The molecule has 0 bridgehead atoms. The number of nitrogens with zero attached hydrogens (tertiary/aromatic N) is 1. The number of hydrogen-bond acceptors (Lipinski definition) is 3. The van der Waals surface area contributed by atoms with Crippen molar-refractivity contribution >= 4 is 23.4 Å². The van der Waals surface area contributed by atoms with E-state index in [2.05, 4.69) is 0 Å². The summed E-state index contributed by atoms with van der Waals surface area (Å²) < 4.78 is 0. The molecule has 3 N–H and O–H groups in total. The molecule has 0 heterocycles. The summed E-state index contributed by atoms with van der Waals surface area (Å²) in [6, 6.07) is 4.23. The number of unbranched alkanes of at least 4 members (excludes halogenated alkanes) is 1. The minimum absolute atomic E-state index is 0.113. The molecule has 0 radical (unpaired) electrons. The summed E-state index contributed by atoms with van der Waals surface area (Å²) in [6.45, 7) is 2.23. The second-order valence-corrected chi connectivity index (χ2v) is 4.64. The van der Waals surface area contributed by atoms with Crippen LogP contribution in [0.2, 0.25) is 5.02 Å². The van der Waals surface area contributed by atoms with Gasteiger partial charge in [-0.2, -0.15) is 0 Å². The molecule has 0 aliphatic heterocycles. The van der Waals surface area contributed by atoms with Crippen LogP contribution in [0.3, 0.4) is 0 Å². The molecule has 1 aromatic rings. The Balaban J connectivity index is 2.93. The van der Waals surface area contributed by atoms with Crippen LogP contribution in [0.25, 0.3) is 0 Å². The molecular weight excluding hydrogens is 268 g/mol. The third-order valence-corrected chi connectivity index (χ3v) is 2.84. The van der Waals surface area contributed by atoms with E-state index in [1.165, 1.54) is 23.1 Å². The Hall–Kier alpha value is -1.75. The number of carbonyl (C=O) groups is 2.